The summed E-state index contributed by atoms with van der Waals surface area (Å²) in [5, 5.41) is 0.814. The molecule has 1 rings (SSSR count). The third kappa shape index (κ3) is 6.57. The summed E-state index contributed by atoms with van der Waals surface area (Å²) in [5.74, 6) is 4.92. The number of carbonyl (C=O) groups excluding carboxylic acids is 1. The second-order valence-corrected chi connectivity index (χ2v) is 5.11. The molecule has 1 aromatic carbocycles. The second kappa shape index (κ2) is 8.91. The van der Waals surface area contributed by atoms with Crippen LogP contribution >= 0.6 is 11.6 Å². The van der Waals surface area contributed by atoms with Gasteiger partial charge in [-0.15, -0.1) is 0 Å². The van der Waals surface area contributed by atoms with Crippen LogP contribution in [0.2, 0.25) is 5.02 Å². The Morgan fingerprint density at radius 1 is 1.32 bits per heavy atom. The summed E-state index contributed by atoms with van der Waals surface area (Å²) in [6.07, 6.45) is 3.48. The number of amides is 1. The number of unbranched alkanes of at least 4 members (excludes halogenated alkanes) is 2. The van der Waals surface area contributed by atoms with Crippen molar-refractivity contribution in [2.45, 2.75) is 32.2 Å². The number of benzene rings is 1. The van der Waals surface area contributed by atoms with Gasteiger partial charge in [0.2, 0.25) is 5.91 Å². The van der Waals surface area contributed by atoms with Gasteiger partial charge in [-0.3, -0.25) is 10.2 Å². The van der Waals surface area contributed by atoms with Crippen LogP contribution in [0.4, 0.5) is 0 Å². The summed E-state index contributed by atoms with van der Waals surface area (Å²) in [5.41, 5.74) is 3.29. The van der Waals surface area contributed by atoms with Crippen molar-refractivity contribution in [2.24, 2.45) is 5.84 Å². The van der Waals surface area contributed by atoms with Gasteiger partial charge in [0.25, 0.3) is 0 Å². The van der Waals surface area contributed by atoms with Crippen LogP contribution in [-0.2, 0) is 11.3 Å². The first-order valence-electron chi connectivity index (χ1n) is 6.55. The van der Waals surface area contributed by atoms with Crippen LogP contribution in [0.5, 0.6) is 0 Å². The van der Waals surface area contributed by atoms with Crippen LogP contribution in [0.25, 0.3) is 0 Å². The van der Waals surface area contributed by atoms with E-state index in [4.69, 9.17) is 17.4 Å². The van der Waals surface area contributed by atoms with E-state index in [0.717, 1.165) is 42.9 Å². The Labute approximate surface area is 119 Å². The van der Waals surface area contributed by atoms with Crippen LogP contribution in [-0.4, -0.2) is 24.4 Å². The van der Waals surface area contributed by atoms with E-state index in [1.54, 1.807) is 0 Å². The van der Waals surface area contributed by atoms with Gasteiger partial charge < -0.3 is 4.90 Å². The first-order valence-corrected chi connectivity index (χ1v) is 6.92. The molecule has 19 heavy (non-hydrogen) atoms. The van der Waals surface area contributed by atoms with Crippen LogP contribution in [0.15, 0.2) is 24.3 Å². The van der Waals surface area contributed by atoms with Gasteiger partial charge in [-0.2, -0.15) is 0 Å². The van der Waals surface area contributed by atoms with Crippen molar-refractivity contribution in [1.82, 2.24) is 10.3 Å². The molecule has 0 saturated carbocycles. The third-order valence-corrected chi connectivity index (χ3v) is 3.37. The third-order valence-electron chi connectivity index (χ3n) is 3.00. The van der Waals surface area contributed by atoms with Crippen molar-refractivity contribution >= 4 is 17.5 Å². The quantitative estimate of drug-likeness (QED) is 0.333. The predicted octanol–water partition coefficient (Wildman–Crippen LogP) is 2.32. The zero-order chi connectivity index (χ0) is 14.1. The van der Waals surface area contributed by atoms with E-state index in [0.29, 0.717) is 6.42 Å². The Balaban J connectivity index is 2.16. The fraction of sp³-hybridized carbons (Fsp3) is 0.500. The Bertz CT molecular complexity index is 398. The van der Waals surface area contributed by atoms with E-state index < -0.39 is 0 Å². The fourth-order valence-electron chi connectivity index (χ4n) is 1.91. The highest BCUT2D eigenvalue weighted by Gasteiger charge is 2.04. The van der Waals surface area contributed by atoms with Crippen LogP contribution < -0.4 is 11.3 Å². The van der Waals surface area contributed by atoms with Gasteiger partial charge in [0.1, 0.15) is 0 Å². The minimum absolute atomic E-state index is 0.0931. The second-order valence-electron chi connectivity index (χ2n) is 4.71. The van der Waals surface area contributed by atoms with E-state index in [1.807, 2.05) is 24.3 Å². The van der Waals surface area contributed by atoms with E-state index in [-0.39, 0.29) is 5.91 Å². The average Bonchev–Trinajstić information content (AvgIpc) is 2.40. The van der Waals surface area contributed by atoms with Crippen LogP contribution in [0.1, 0.15) is 31.2 Å². The summed E-state index contributed by atoms with van der Waals surface area (Å²) in [6.45, 7) is 1.85. The van der Waals surface area contributed by atoms with Gasteiger partial charge in [0.05, 0.1) is 0 Å². The summed E-state index contributed by atoms with van der Waals surface area (Å²) in [6, 6.07) is 7.90. The number of nitrogens with zero attached hydrogens (tertiary/aromatic N) is 1. The molecule has 0 aliphatic heterocycles. The lowest BCUT2D eigenvalue weighted by molar-refractivity contribution is -0.121. The molecular formula is C14H22ClN3O. The molecule has 0 saturated heterocycles. The molecule has 1 amide bonds. The van der Waals surface area contributed by atoms with Crippen molar-refractivity contribution in [3.8, 4) is 0 Å². The zero-order valence-corrected chi connectivity index (χ0v) is 12.1. The van der Waals surface area contributed by atoms with Crippen molar-refractivity contribution in [1.29, 1.82) is 0 Å². The topological polar surface area (TPSA) is 58.4 Å². The Morgan fingerprint density at radius 2 is 2.05 bits per heavy atom. The predicted molar refractivity (Wildman–Crippen MR) is 78.6 cm³/mol. The monoisotopic (exact) mass is 283 g/mol. The van der Waals surface area contributed by atoms with Gasteiger partial charge in [0, 0.05) is 18.0 Å². The molecule has 0 spiro atoms. The van der Waals surface area contributed by atoms with Gasteiger partial charge in [-0.1, -0.05) is 36.2 Å². The highest BCUT2D eigenvalue weighted by atomic mass is 35.5. The largest absolute Gasteiger partial charge is 0.302 e. The molecule has 0 unspecified atom stereocenters. The number of hydrogen-bond donors (Lipinski definition) is 2. The molecule has 4 nitrogen and oxygen atoms in total. The lowest BCUT2D eigenvalue weighted by atomic mass is 10.1. The van der Waals surface area contributed by atoms with E-state index in [9.17, 15) is 4.79 Å². The Kier molecular flexibility index (Phi) is 7.48. The van der Waals surface area contributed by atoms with E-state index in [1.165, 1.54) is 0 Å². The summed E-state index contributed by atoms with van der Waals surface area (Å²) in [7, 11) is 2.08. The lowest BCUT2D eigenvalue weighted by Gasteiger charge is -2.17. The molecule has 0 radical (unpaired) electrons. The zero-order valence-electron chi connectivity index (χ0n) is 11.4. The number of hydrazine groups is 1. The van der Waals surface area contributed by atoms with Crippen molar-refractivity contribution < 1.29 is 4.79 Å². The molecule has 0 aromatic heterocycles. The molecule has 0 fully saturated rings. The SMILES string of the molecule is CN(CCCCCC(=O)NN)Cc1ccccc1Cl. The Morgan fingerprint density at radius 3 is 2.74 bits per heavy atom. The molecule has 0 atom stereocenters. The minimum atomic E-state index is -0.0931. The van der Waals surface area contributed by atoms with Gasteiger partial charge >= 0.3 is 0 Å². The molecule has 0 heterocycles. The lowest BCUT2D eigenvalue weighted by Crippen LogP contribution is -2.29. The molecule has 5 heteroatoms. The maximum atomic E-state index is 10.9. The smallest absolute Gasteiger partial charge is 0.233 e. The first kappa shape index (κ1) is 16.0. The molecule has 0 aliphatic carbocycles. The molecule has 106 valence electrons. The molecule has 3 N–H and O–H groups in total. The first-order chi connectivity index (χ1) is 9.13. The van der Waals surface area contributed by atoms with Crippen LogP contribution in [0, 0.1) is 0 Å². The maximum absolute atomic E-state index is 10.9. The molecule has 0 bridgehead atoms. The fourth-order valence-corrected chi connectivity index (χ4v) is 2.11. The molecule has 1 aromatic rings. The normalized spacial score (nSPS) is 10.7. The summed E-state index contributed by atoms with van der Waals surface area (Å²) in [4.78, 5) is 13.2. The van der Waals surface area contributed by atoms with Gasteiger partial charge in [-0.05, 0) is 38.1 Å². The number of hydrogen-bond acceptors (Lipinski definition) is 3. The maximum Gasteiger partial charge on any atom is 0.233 e. The standard InChI is InChI=1S/C14H22ClN3O/c1-18(10-6-2-3-9-14(19)17-16)11-12-7-4-5-8-13(12)15/h4-5,7-8H,2-3,6,9-11,16H2,1H3,(H,17,19). The highest BCUT2D eigenvalue weighted by Crippen LogP contribution is 2.16. The van der Waals surface area contributed by atoms with E-state index >= 15 is 0 Å². The Hall–Kier alpha value is -1.10. The number of carbonyl (C=O) groups is 1. The average molecular weight is 284 g/mol. The van der Waals surface area contributed by atoms with Crippen molar-refractivity contribution in [2.75, 3.05) is 13.6 Å². The summed E-state index contributed by atoms with van der Waals surface area (Å²) < 4.78 is 0. The number of rotatable bonds is 8. The number of nitrogens with two attached hydrogens (primary N) is 1. The molecule has 0 aliphatic rings. The molecular weight excluding hydrogens is 262 g/mol. The highest BCUT2D eigenvalue weighted by molar-refractivity contribution is 6.31. The number of halogens is 1. The number of nitrogens with one attached hydrogen (secondary N) is 1. The minimum Gasteiger partial charge on any atom is -0.302 e. The van der Waals surface area contributed by atoms with Crippen molar-refractivity contribution in [3.63, 3.8) is 0 Å². The van der Waals surface area contributed by atoms with Crippen molar-refractivity contribution in [3.05, 3.63) is 34.9 Å². The van der Waals surface area contributed by atoms with Gasteiger partial charge in [-0.25, -0.2) is 5.84 Å². The van der Waals surface area contributed by atoms with Crippen LogP contribution in [0.3, 0.4) is 0 Å². The van der Waals surface area contributed by atoms with Gasteiger partial charge in [0.15, 0.2) is 0 Å². The summed E-state index contributed by atoms with van der Waals surface area (Å²) >= 11 is 6.12. The van der Waals surface area contributed by atoms with E-state index in [2.05, 4.69) is 17.4 Å².